The molecule has 1 N–H and O–H groups in total. The maximum Gasteiger partial charge on any atom is 0.244 e. The van der Waals surface area contributed by atoms with Crippen molar-refractivity contribution in [2.24, 2.45) is 0 Å². The highest BCUT2D eigenvalue weighted by Gasteiger charge is 2.28. The summed E-state index contributed by atoms with van der Waals surface area (Å²) >= 11 is 6.05. The van der Waals surface area contributed by atoms with E-state index in [1.807, 2.05) is 13.8 Å². The molecule has 0 unspecified atom stereocenters. The first-order valence-electron chi connectivity index (χ1n) is 6.14. The highest BCUT2D eigenvalue weighted by atomic mass is 35.5. The predicted molar refractivity (Wildman–Crippen MR) is 68.5 cm³/mol. The summed E-state index contributed by atoms with van der Waals surface area (Å²) in [6.07, 6.45) is 1.83. The normalized spacial score (nSPS) is 19.6. The van der Waals surface area contributed by atoms with Gasteiger partial charge in [0.1, 0.15) is 6.54 Å². The molecule has 0 spiro atoms. The summed E-state index contributed by atoms with van der Waals surface area (Å²) in [6.45, 7) is 4.61. The van der Waals surface area contributed by atoms with Crippen LogP contribution in [0.5, 0.6) is 0 Å². The monoisotopic (exact) mass is 271 g/mol. The van der Waals surface area contributed by atoms with E-state index in [1.54, 1.807) is 9.58 Å². The lowest BCUT2D eigenvalue weighted by atomic mass is 10.2. The van der Waals surface area contributed by atoms with Crippen molar-refractivity contribution >= 4 is 17.5 Å². The first-order valence-corrected chi connectivity index (χ1v) is 6.52. The zero-order chi connectivity index (χ0) is 13.3. The van der Waals surface area contributed by atoms with E-state index in [0.717, 1.165) is 30.8 Å². The Morgan fingerprint density at radius 1 is 1.56 bits per heavy atom. The van der Waals surface area contributed by atoms with Crippen LogP contribution in [-0.4, -0.2) is 44.9 Å². The molecule has 0 aromatic carbocycles. The Bertz CT molecular complexity index is 458. The van der Waals surface area contributed by atoms with Crippen molar-refractivity contribution in [2.45, 2.75) is 39.3 Å². The molecule has 1 aliphatic rings. The van der Waals surface area contributed by atoms with Crippen LogP contribution >= 0.6 is 11.6 Å². The Morgan fingerprint density at radius 3 is 2.83 bits per heavy atom. The van der Waals surface area contributed by atoms with Crippen LogP contribution in [0, 0.1) is 13.8 Å². The molecule has 0 saturated carbocycles. The fraction of sp³-hybridized carbons (Fsp3) is 0.667. The van der Waals surface area contributed by atoms with Gasteiger partial charge in [0.05, 0.1) is 29.1 Å². The quantitative estimate of drug-likeness (QED) is 0.897. The SMILES string of the molecule is Cc1nn(CC(=O)N2CCC[C@H]2CO)c(C)c1Cl. The van der Waals surface area contributed by atoms with Crippen molar-refractivity contribution in [3.63, 3.8) is 0 Å². The van der Waals surface area contributed by atoms with Gasteiger partial charge in [-0.2, -0.15) is 5.10 Å². The fourth-order valence-electron chi connectivity index (χ4n) is 2.40. The lowest BCUT2D eigenvalue weighted by Crippen LogP contribution is -2.39. The van der Waals surface area contributed by atoms with Crippen molar-refractivity contribution in [3.05, 3.63) is 16.4 Å². The van der Waals surface area contributed by atoms with E-state index in [4.69, 9.17) is 11.6 Å². The summed E-state index contributed by atoms with van der Waals surface area (Å²) in [5, 5.41) is 14.1. The molecule has 2 rings (SSSR count). The zero-order valence-corrected chi connectivity index (χ0v) is 11.4. The van der Waals surface area contributed by atoms with Crippen molar-refractivity contribution in [1.29, 1.82) is 0 Å². The summed E-state index contributed by atoms with van der Waals surface area (Å²) in [4.78, 5) is 13.9. The van der Waals surface area contributed by atoms with Crippen LogP contribution in [-0.2, 0) is 11.3 Å². The Hall–Kier alpha value is -1.07. The highest BCUT2D eigenvalue weighted by molar-refractivity contribution is 6.31. The molecule has 18 heavy (non-hydrogen) atoms. The topological polar surface area (TPSA) is 58.4 Å². The van der Waals surface area contributed by atoms with Crippen LogP contribution in [0.15, 0.2) is 0 Å². The molecule has 5 nitrogen and oxygen atoms in total. The molecule has 1 atom stereocenters. The molecule has 1 aromatic rings. The molecule has 0 bridgehead atoms. The summed E-state index contributed by atoms with van der Waals surface area (Å²) in [6, 6.07) is -0.0371. The number of nitrogens with zero attached hydrogens (tertiary/aromatic N) is 3. The zero-order valence-electron chi connectivity index (χ0n) is 10.7. The molecular formula is C12H18ClN3O2. The van der Waals surface area contributed by atoms with E-state index in [1.165, 1.54) is 0 Å². The number of aryl methyl sites for hydroxylation is 1. The van der Waals surface area contributed by atoms with Crippen LogP contribution in [0.1, 0.15) is 24.2 Å². The van der Waals surface area contributed by atoms with Crippen LogP contribution in [0.25, 0.3) is 0 Å². The third-order valence-electron chi connectivity index (χ3n) is 3.49. The van der Waals surface area contributed by atoms with Crippen molar-refractivity contribution in [2.75, 3.05) is 13.2 Å². The number of aliphatic hydroxyl groups excluding tert-OH is 1. The number of amides is 1. The molecule has 1 fully saturated rings. The van der Waals surface area contributed by atoms with Gasteiger partial charge in [-0.15, -0.1) is 0 Å². The number of aromatic nitrogens is 2. The molecule has 100 valence electrons. The fourth-order valence-corrected chi connectivity index (χ4v) is 2.54. The van der Waals surface area contributed by atoms with E-state index in [9.17, 15) is 9.90 Å². The van der Waals surface area contributed by atoms with E-state index in [-0.39, 0.29) is 25.1 Å². The number of carbonyl (C=O) groups is 1. The standard InChI is InChI=1S/C12H18ClN3O2/c1-8-12(13)9(2)16(14-8)6-11(18)15-5-3-4-10(15)7-17/h10,17H,3-7H2,1-2H3/t10-/m0/s1. The number of carbonyl (C=O) groups excluding carboxylic acids is 1. The molecule has 0 aliphatic carbocycles. The van der Waals surface area contributed by atoms with Crippen LogP contribution in [0.3, 0.4) is 0 Å². The van der Waals surface area contributed by atoms with Crippen LogP contribution in [0.4, 0.5) is 0 Å². The number of halogens is 1. The Balaban J connectivity index is 2.09. The lowest BCUT2D eigenvalue weighted by molar-refractivity contribution is -0.133. The molecule has 6 heteroatoms. The average Bonchev–Trinajstić information content (AvgIpc) is 2.91. The largest absolute Gasteiger partial charge is 0.394 e. The van der Waals surface area contributed by atoms with E-state index < -0.39 is 0 Å². The Morgan fingerprint density at radius 2 is 2.28 bits per heavy atom. The van der Waals surface area contributed by atoms with Crippen molar-refractivity contribution in [1.82, 2.24) is 14.7 Å². The van der Waals surface area contributed by atoms with Gasteiger partial charge < -0.3 is 10.0 Å². The smallest absolute Gasteiger partial charge is 0.244 e. The second kappa shape index (κ2) is 5.28. The summed E-state index contributed by atoms with van der Waals surface area (Å²) in [5.41, 5.74) is 1.55. The lowest BCUT2D eigenvalue weighted by Gasteiger charge is -2.23. The van der Waals surface area contributed by atoms with Gasteiger partial charge in [-0.25, -0.2) is 0 Å². The third-order valence-corrected chi connectivity index (χ3v) is 4.03. The summed E-state index contributed by atoms with van der Waals surface area (Å²) in [5.74, 6) is -0.00573. The number of hydrogen-bond donors (Lipinski definition) is 1. The number of likely N-dealkylation sites (tertiary alicyclic amines) is 1. The van der Waals surface area contributed by atoms with Gasteiger partial charge in [0, 0.05) is 6.54 Å². The van der Waals surface area contributed by atoms with E-state index in [2.05, 4.69) is 5.10 Å². The minimum absolute atomic E-state index is 0.00573. The van der Waals surface area contributed by atoms with Crippen LogP contribution in [0.2, 0.25) is 5.02 Å². The molecule has 1 aromatic heterocycles. The maximum absolute atomic E-state index is 12.2. The van der Waals surface area contributed by atoms with Gasteiger partial charge in [-0.1, -0.05) is 11.6 Å². The second-order valence-corrected chi connectivity index (χ2v) is 5.09. The summed E-state index contributed by atoms with van der Waals surface area (Å²) < 4.78 is 1.63. The Kier molecular flexibility index (Phi) is 3.92. The molecule has 1 saturated heterocycles. The molecular weight excluding hydrogens is 254 g/mol. The first kappa shape index (κ1) is 13.4. The Labute approximate surface area is 111 Å². The van der Waals surface area contributed by atoms with Crippen molar-refractivity contribution in [3.8, 4) is 0 Å². The van der Waals surface area contributed by atoms with Gasteiger partial charge in [-0.05, 0) is 26.7 Å². The number of aliphatic hydroxyl groups is 1. The number of hydrogen-bond acceptors (Lipinski definition) is 3. The average molecular weight is 272 g/mol. The predicted octanol–water partition coefficient (Wildman–Crippen LogP) is 1.14. The molecule has 1 aliphatic heterocycles. The first-order chi connectivity index (χ1) is 8.54. The number of rotatable bonds is 3. The second-order valence-electron chi connectivity index (χ2n) is 4.71. The van der Waals surface area contributed by atoms with Gasteiger partial charge in [0.25, 0.3) is 0 Å². The minimum Gasteiger partial charge on any atom is -0.394 e. The molecule has 2 heterocycles. The van der Waals surface area contributed by atoms with Gasteiger partial charge in [-0.3, -0.25) is 9.48 Å². The molecule has 0 radical (unpaired) electrons. The summed E-state index contributed by atoms with van der Waals surface area (Å²) in [7, 11) is 0. The third kappa shape index (κ3) is 2.37. The van der Waals surface area contributed by atoms with Gasteiger partial charge in [0.2, 0.25) is 5.91 Å². The van der Waals surface area contributed by atoms with Crippen LogP contribution < -0.4 is 0 Å². The molecule has 1 amide bonds. The van der Waals surface area contributed by atoms with Crippen molar-refractivity contribution < 1.29 is 9.90 Å². The van der Waals surface area contributed by atoms with E-state index in [0.29, 0.717) is 5.02 Å². The van der Waals surface area contributed by atoms with Gasteiger partial charge >= 0.3 is 0 Å². The van der Waals surface area contributed by atoms with E-state index >= 15 is 0 Å². The van der Waals surface area contributed by atoms with Gasteiger partial charge in [0.15, 0.2) is 0 Å². The highest BCUT2D eigenvalue weighted by Crippen LogP contribution is 2.21. The minimum atomic E-state index is -0.0371. The maximum atomic E-state index is 12.2.